The number of hydrogen-bond donors (Lipinski definition) is 2. The van der Waals surface area contributed by atoms with E-state index >= 15 is 0 Å². The summed E-state index contributed by atoms with van der Waals surface area (Å²) in [6.07, 6.45) is -8.46. The first-order valence-electron chi connectivity index (χ1n) is 10.9. The van der Waals surface area contributed by atoms with Crippen molar-refractivity contribution >= 4 is 17.8 Å². The van der Waals surface area contributed by atoms with E-state index < -0.39 is 43.1 Å². The molecular weight excluding hydrogens is 474 g/mol. The van der Waals surface area contributed by atoms with Crippen LogP contribution in [-0.4, -0.2) is 60.4 Å². The van der Waals surface area contributed by atoms with E-state index in [1.807, 2.05) is 31.2 Å². The van der Waals surface area contributed by atoms with Crippen LogP contribution in [0.1, 0.15) is 36.6 Å². The molecule has 1 aliphatic rings. The summed E-state index contributed by atoms with van der Waals surface area (Å²) in [5, 5.41) is 20.6. The number of rotatable bonds is 8. The highest BCUT2D eigenvalue weighted by molar-refractivity contribution is 6.31. The molecule has 1 aliphatic heterocycles. The Labute approximate surface area is 201 Å². The molecule has 0 bridgehead atoms. The smallest absolute Gasteiger partial charge is 0.494 e. The zero-order valence-electron chi connectivity index (χ0n) is 18.7. The van der Waals surface area contributed by atoms with Gasteiger partial charge in [-0.15, -0.1) is 0 Å². The number of halogens is 3. The topological polar surface area (TPSA) is 94.5 Å². The van der Waals surface area contributed by atoms with E-state index in [9.17, 15) is 23.8 Å². The molecule has 0 aromatic heterocycles. The number of benzene rings is 2. The van der Waals surface area contributed by atoms with E-state index in [1.165, 1.54) is 13.0 Å². The zero-order chi connectivity index (χ0) is 24.9. The van der Waals surface area contributed by atoms with E-state index in [0.717, 1.165) is 11.3 Å². The third-order valence-electron chi connectivity index (χ3n) is 5.42. The Hall–Kier alpha value is -2.46. The molecule has 0 saturated carbocycles. The minimum Gasteiger partial charge on any atom is -0.494 e. The third kappa shape index (κ3) is 5.78. The number of carbonyl (C=O) groups is 1. The average molecular weight is 501 g/mol. The Morgan fingerprint density at radius 1 is 1.15 bits per heavy atom. The van der Waals surface area contributed by atoms with Gasteiger partial charge >= 0.3 is 12.1 Å². The number of aliphatic hydroxyl groups is 2. The second-order valence-corrected chi connectivity index (χ2v) is 8.13. The first-order chi connectivity index (χ1) is 16.2. The van der Waals surface area contributed by atoms with Gasteiger partial charge in [-0.05, 0) is 55.2 Å². The maximum Gasteiger partial charge on any atom is 0.508 e. The molecule has 0 amide bonds. The predicted molar refractivity (Wildman–Crippen MR) is 119 cm³/mol. The molecule has 4 unspecified atom stereocenters. The molecule has 1 saturated heterocycles. The third-order valence-corrected chi connectivity index (χ3v) is 5.79. The standard InChI is InChI=1S/C24H27ClF2O7/c1-3-31-17-8-5-14(6-9-17)11-16-12-15(7-10-18(16)25)21-20(29)22(34-23(30)32-4-2)24(26,27)19(13-28)33-21/h5-10,12,19-22,28-29H,3-4,11,13H2,1-2H3. The van der Waals surface area contributed by atoms with Gasteiger partial charge < -0.3 is 29.2 Å². The molecular formula is C24H27ClF2O7. The summed E-state index contributed by atoms with van der Waals surface area (Å²) < 4.78 is 49.7. The first kappa shape index (κ1) is 26.2. The van der Waals surface area contributed by atoms with E-state index in [0.29, 0.717) is 29.2 Å². The summed E-state index contributed by atoms with van der Waals surface area (Å²) in [6, 6.07) is 12.1. The van der Waals surface area contributed by atoms with Crippen LogP contribution in [-0.2, 0) is 20.6 Å². The van der Waals surface area contributed by atoms with Gasteiger partial charge in [0.1, 0.15) is 24.1 Å². The summed E-state index contributed by atoms with van der Waals surface area (Å²) in [4.78, 5) is 11.7. The van der Waals surface area contributed by atoms with Crippen molar-refractivity contribution in [1.29, 1.82) is 0 Å². The van der Waals surface area contributed by atoms with Gasteiger partial charge in [-0.1, -0.05) is 35.9 Å². The lowest BCUT2D eigenvalue weighted by Gasteiger charge is -2.43. The molecule has 186 valence electrons. The second-order valence-electron chi connectivity index (χ2n) is 7.72. The molecule has 1 fully saturated rings. The maximum atomic E-state index is 14.8. The first-order valence-corrected chi connectivity index (χ1v) is 11.2. The normalized spacial score (nSPS) is 23.9. The summed E-state index contributed by atoms with van der Waals surface area (Å²) in [5.74, 6) is -3.12. The molecule has 2 N–H and O–H groups in total. The van der Waals surface area contributed by atoms with Crippen molar-refractivity contribution in [3.63, 3.8) is 0 Å². The second kappa shape index (κ2) is 11.3. The molecule has 0 spiro atoms. The number of ether oxygens (including phenoxy) is 4. The Morgan fingerprint density at radius 3 is 2.47 bits per heavy atom. The van der Waals surface area contributed by atoms with Gasteiger partial charge in [0, 0.05) is 5.02 Å². The molecule has 0 aliphatic carbocycles. The van der Waals surface area contributed by atoms with E-state index in [-0.39, 0.29) is 6.61 Å². The van der Waals surface area contributed by atoms with Crippen LogP contribution in [0.4, 0.5) is 13.6 Å². The monoisotopic (exact) mass is 500 g/mol. The SMILES string of the molecule is CCOC(=O)OC1C(O)C(c2ccc(Cl)c(Cc3ccc(OCC)cc3)c2)OC(CO)C1(F)F. The number of carbonyl (C=O) groups excluding carboxylic acids is 1. The minimum absolute atomic E-state index is 0.0946. The van der Waals surface area contributed by atoms with Crippen LogP contribution < -0.4 is 4.74 Å². The fourth-order valence-corrected chi connectivity index (χ4v) is 3.94. The van der Waals surface area contributed by atoms with Crippen molar-refractivity contribution in [2.24, 2.45) is 0 Å². The minimum atomic E-state index is -3.85. The van der Waals surface area contributed by atoms with Crippen molar-refractivity contribution in [3.8, 4) is 5.75 Å². The molecule has 3 rings (SSSR count). The van der Waals surface area contributed by atoms with Crippen LogP contribution in [0.2, 0.25) is 5.02 Å². The number of aliphatic hydroxyl groups excluding tert-OH is 2. The molecule has 10 heteroatoms. The van der Waals surface area contributed by atoms with Gasteiger partial charge in [0.2, 0.25) is 0 Å². The molecule has 7 nitrogen and oxygen atoms in total. The van der Waals surface area contributed by atoms with Crippen molar-refractivity contribution in [2.75, 3.05) is 19.8 Å². The molecule has 2 aromatic carbocycles. The fraction of sp³-hybridized carbons (Fsp3) is 0.458. The Bertz CT molecular complexity index is 970. The van der Waals surface area contributed by atoms with Gasteiger partial charge in [-0.3, -0.25) is 0 Å². The van der Waals surface area contributed by atoms with Crippen LogP contribution in [0.25, 0.3) is 0 Å². The number of hydrogen-bond acceptors (Lipinski definition) is 7. The van der Waals surface area contributed by atoms with Crippen LogP contribution in [0.15, 0.2) is 42.5 Å². The van der Waals surface area contributed by atoms with Crippen LogP contribution >= 0.6 is 11.6 Å². The fourth-order valence-electron chi connectivity index (χ4n) is 3.76. The lowest BCUT2D eigenvalue weighted by Crippen LogP contribution is -2.61. The molecule has 2 aromatic rings. The van der Waals surface area contributed by atoms with E-state index in [4.69, 9.17) is 25.8 Å². The summed E-state index contributed by atoms with van der Waals surface area (Å²) in [7, 11) is 0. The molecule has 34 heavy (non-hydrogen) atoms. The van der Waals surface area contributed by atoms with Gasteiger partial charge in [0.25, 0.3) is 0 Å². The van der Waals surface area contributed by atoms with E-state index in [1.54, 1.807) is 12.1 Å². The van der Waals surface area contributed by atoms with Crippen LogP contribution in [0.5, 0.6) is 5.75 Å². The zero-order valence-corrected chi connectivity index (χ0v) is 19.5. The summed E-state index contributed by atoms with van der Waals surface area (Å²) in [6.45, 7) is 2.78. The van der Waals surface area contributed by atoms with E-state index in [2.05, 4.69) is 4.74 Å². The molecule has 4 atom stereocenters. The quantitative estimate of drug-likeness (QED) is 0.522. The average Bonchev–Trinajstić information content (AvgIpc) is 2.80. The highest BCUT2D eigenvalue weighted by Crippen LogP contribution is 2.43. The summed E-state index contributed by atoms with van der Waals surface area (Å²) >= 11 is 6.36. The lowest BCUT2D eigenvalue weighted by molar-refractivity contribution is -0.297. The van der Waals surface area contributed by atoms with Gasteiger partial charge in [0.15, 0.2) is 6.10 Å². The highest BCUT2D eigenvalue weighted by Gasteiger charge is 2.60. The van der Waals surface area contributed by atoms with Gasteiger partial charge in [-0.2, -0.15) is 8.78 Å². The lowest BCUT2D eigenvalue weighted by atomic mass is 9.89. The Kier molecular flexibility index (Phi) is 8.70. The largest absolute Gasteiger partial charge is 0.508 e. The highest BCUT2D eigenvalue weighted by atomic mass is 35.5. The van der Waals surface area contributed by atoms with Gasteiger partial charge in [-0.25, -0.2) is 4.79 Å². The van der Waals surface area contributed by atoms with Gasteiger partial charge in [0.05, 0.1) is 19.8 Å². The maximum absolute atomic E-state index is 14.8. The molecule has 1 heterocycles. The van der Waals surface area contributed by atoms with Crippen molar-refractivity contribution in [1.82, 2.24) is 0 Å². The van der Waals surface area contributed by atoms with Crippen molar-refractivity contribution in [3.05, 3.63) is 64.2 Å². The van der Waals surface area contributed by atoms with Crippen molar-refractivity contribution in [2.45, 2.75) is 50.6 Å². The van der Waals surface area contributed by atoms with Crippen molar-refractivity contribution < 1.29 is 42.7 Å². The Morgan fingerprint density at radius 2 is 1.85 bits per heavy atom. The number of alkyl halides is 2. The predicted octanol–water partition coefficient (Wildman–Crippen LogP) is 4.30. The molecule has 0 radical (unpaired) electrons. The Balaban J connectivity index is 1.87. The summed E-state index contributed by atoms with van der Waals surface area (Å²) in [5.41, 5.74) is 1.93. The van der Waals surface area contributed by atoms with Crippen LogP contribution in [0.3, 0.4) is 0 Å². The van der Waals surface area contributed by atoms with Crippen LogP contribution in [0, 0.1) is 0 Å².